The molecule has 1 amide bonds. The molecule has 2 heterocycles. The van der Waals surface area contributed by atoms with Gasteiger partial charge < -0.3 is 15.2 Å². The number of carbonyl (C=O) groups excluding carboxylic acids is 1. The number of carbonyl (C=O) groups is 2. The van der Waals surface area contributed by atoms with E-state index in [1.54, 1.807) is 7.11 Å². The second-order valence-electron chi connectivity index (χ2n) is 6.59. The first-order valence-electron chi connectivity index (χ1n) is 9.02. The van der Waals surface area contributed by atoms with Crippen molar-refractivity contribution in [3.05, 3.63) is 65.7 Å². The van der Waals surface area contributed by atoms with E-state index in [1.165, 1.54) is 11.8 Å². The second-order valence-corrected chi connectivity index (χ2v) is 7.90. The lowest BCUT2D eigenvalue weighted by Gasteiger charge is -2.20. The van der Waals surface area contributed by atoms with Crippen molar-refractivity contribution in [1.29, 1.82) is 0 Å². The third kappa shape index (κ3) is 3.84. The highest BCUT2D eigenvalue weighted by atomic mass is 32.2. The average Bonchev–Trinajstić information content (AvgIpc) is 3.09. The summed E-state index contributed by atoms with van der Waals surface area (Å²) in [5.41, 5.74) is 3.49. The summed E-state index contributed by atoms with van der Waals surface area (Å²) in [6, 6.07) is 17.3. The van der Waals surface area contributed by atoms with Gasteiger partial charge in [0.15, 0.2) is 5.82 Å². The van der Waals surface area contributed by atoms with Crippen LogP contribution in [0.25, 0.3) is 11.3 Å². The third-order valence-electron chi connectivity index (χ3n) is 4.74. The Bertz CT molecular complexity index is 1030. The SMILES string of the molecule is COc1ccc(C2SC(CC(=O)O)C(=O)Nc3n[nH]c(-c4ccccc4)c32)cc1. The molecule has 8 heteroatoms. The molecule has 2 aromatic carbocycles. The van der Waals surface area contributed by atoms with Gasteiger partial charge in [-0.3, -0.25) is 14.7 Å². The summed E-state index contributed by atoms with van der Waals surface area (Å²) in [5, 5.41) is 18.4. The van der Waals surface area contributed by atoms with Crippen molar-refractivity contribution in [1.82, 2.24) is 10.2 Å². The Morgan fingerprint density at radius 3 is 2.55 bits per heavy atom. The summed E-state index contributed by atoms with van der Waals surface area (Å²) in [4.78, 5) is 24.0. The molecule has 1 aliphatic rings. The Balaban J connectivity index is 1.84. The van der Waals surface area contributed by atoms with Gasteiger partial charge in [0.2, 0.25) is 5.91 Å². The standard InChI is InChI=1S/C21H19N3O4S/c1-28-14-9-7-13(8-10-14)19-17-18(12-5-3-2-4-6-12)23-24-20(17)22-21(27)15(29-19)11-16(25)26/h2-10,15,19H,11H2,1H3,(H,25,26)(H2,22,23,24,27). The fourth-order valence-corrected chi connectivity index (χ4v) is 4.77. The molecule has 0 spiro atoms. The number of H-pyrrole nitrogens is 1. The van der Waals surface area contributed by atoms with Gasteiger partial charge in [0.05, 0.1) is 29.7 Å². The minimum absolute atomic E-state index is 0.266. The van der Waals surface area contributed by atoms with Gasteiger partial charge in [-0.1, -0.05) is 42.5 Å². The molecule has 0 bridgehead atoms. The highest BCUT2D eigenvalue weighted by Crippen LogP contribution is 2.48. The normalized spacial score (nSPS) is 18.4. The molecule has 3 N–H and O–H groups in total. The van der Waals surface area contributed by atoms with E-state index < -0.39 is 11.2 Å². The van der Waals surface area contributed by atoms with Crippen LogP contribution in [0, 0.1) is 0 Å². The molecule has 2 unspecified atom stereocenters. The van der Waals surface area contributed by atoms with Crippen molar-refractivity contribution in [3.63, 3.8) is 0 Å². The molecule has 4 rings (SSSR count). The van der Waals surface area contributed by atoms with E-state index in [1.807, 2.05) is 54.6 Å². The number of fused-ring (bicyclic) bond motifs is 1. The zero-order valence-electron chi connectivity index (χ0n) is 15.6. The maximum absolute atomic E-state index is 12.7. The van der Waals surface area contributed by atoms with Crippen molar-refractivity contribution in [3.8, 4) is 17.0 Å². The zero-order valence-corrected chi connectivity index (χ0v) is 16.4. The first-order chi connectivity index (χ1) is 14.1. The number of carboxylic acid groups (broad SMARTS) is 1. The van der Waals surface area contributed by atoms with E-state index in [2.05, 4.69) is 15.5 Å². The smallest absolute Gasteiger partial charge is 0.305 e. The number of nitrogens with zero attached hydrogens (tertiary/aromatic N) is 1. The van der Waals surface area contributed by atoms with Crippen LogP contribution in [0.2, 0.25) is 0 Å². The number of nitrogens with one attached hydrogen (secondary N) is 2. The van der Waals surface area contributed by atoms with Gasteiger partial charge in [0.25, 0.3) is 0 Å². The Morgan fingerprint density at radius 2 is 1.90 bits per heavy atom. The minimum atomic E-state index is -1.02. The number of methoxy groups -OCH3 is 1. The van der Waals surface area contributed by atoms with Crippen LogP contribution in [-0.4, -0.2) is 39.5 Å². The Kier molecular flexibility index (Phi) is 5.26. The third-order valence-corrected chi connectivity index (χ3v) is 6.23. The number of amides is 1. The van der Waals surface area contributed by atoms with Gasteiger partial charge in [0, 0.05) is 5.56 Å². The van der Waals surface area contributed by atoms with Crippen LogP contribution >= 0.6 is 11.8 Å². The summed E-state index contributed by atoms with van der Waals surface area (Å²) in [5.74, 6) is -0.231. The van der Waals surface area contributed by atoms with Crippen LogP contribution in [0.3, 0.4) is 0 Å². The lowest BCUT2D eigenvalue weighted by molar-refractivity contribution is -0.138. The van der Waals surface area contributed by atoms with Crippen LogP contribution in [0.15, 0.2) is 54.6 Å². The van der Waals surface area contributed by atoms with Gasteiger partial charge in [-0.15, -0.1) is 11.8 Å². The summed E-state index contributed by atoms with van der Waals surface area (Å²) in [6.45, 7) is 0. The Hall–Kier alpha value is -3.26. The number of carboxylic acids is 1. The van der Waals surface area contributed by atoms with Gasteiger partial charge in [0.1, 0.15) is 5.75 Å². The Morgan fingerprint density at radius 1 is 1.17 bits per heavy atom. The van der Waals surface area contributed by atoms with Crippen LogP contribution < -0.4 is 10.1 Å². The molecule has 148 valence electrons. The summed E-state index contributed by atoms with van der Waals surface area (Å²) >= 11 is 1.32. The quantitative estimate of drug-likeness (QED) is 0.594. The van der Waals surface area contributed by atoms with Crippen molar-refractivity contribution >= 4 is 29.5 Å². The monoisotopic (exact) mass is 409 g/mol. The molecule has 7 nitrogen and oxygen atoms in total. The van der Waals surface area contributed by atoms with Crippen molar-refractivity contribution in [2.75, 3.05) is 12.4 Å². The highest BCUT2D eigenvalue weighted by molar-refractivity contribution is 8.01. The van der Waals surface area contributed by atoms with E-state index in [0.29, 0.717) is 5.82 Å². The molecule has 0 aliphatic carbocycles. The number of rotatable bonds is 5. The molecule has 2 atom stereocenters. The van der Waals surface area contributed by atoms with Crippen LogP contribution in [0.4, 0.5) is 5.82 Å². The lowest BCUT2D eigenvalue weighted by Crippen LogP contribution is -2.26. The topological polar surface area (TPSA) is 104 Å². The summed E-state index contributed by atoms with van der Waals surface area (Å²) in [6.07, 6.45) is -0.266. The fourth-order valence-electron chi connectivity index (χ4n) is 3.34. The van der Waals surface area contributed by atoms with Crippen LogP contribution in [0.1, 0.15) is 22.8 Å². The lowest BCUT2D eigenvalue weighted by atomic mass is 10.00. The summed E-state index contributed by atoms with van der Waals surface area (Å²) < 4.78 is 5.25. The van der Waals surface area contributed by atoms with E-state index >= 15 is 0 Å². The number of thioether (sulfide) groups is 1. The number of aromatic nitrogens is 2. The number of benzene rings is 2. The number of aromatic amines is 1. The van der Waals surface area contributed by atoms with Gasteiger partial charge in [-0.25, -0.2) is 0 Å². The molecule has 3 aromatic rings. The van der Waals surface area contributed by atoms with E-state index in [4.69, 9.17) is 4.74 Å². The fraction of sp³-hybridized carbons (Fsp3) is 0.190. The summed E-state index contributed by atoms with van der Waals surface area (Å²) in [7, 11) is 1.60. The number of anilines is 1. The second kappa shape index (κ2) is 8.00. The van der Waals surface area contributed by atoms with Crippen LogP contribution in [0.5, 0.6) is 5.75 Å². The molecule has 0 fully saturated rings. The van der Waals surface area contributed by atoms with Crippen molar-refractivity contribution < 1.29 is 19.4 Å². The van der Waals surface area contributed by atoms with Gasteiger partial charge in [-0.05, 0) is 23.3 Å². The van der Waals surface area contributed by atoms with E-state index in [-0.39, 0.29) is 17.6 Å². The number of aliphatic carboxylic acids is 1. The number of hydrogen-bond donors (Lipinski definition) is 3. The first kappa shape index (κ1) is 19.1. The minimum Gasteiger partial charge on any atom is -0.497 e. The maximum Gasteiger partial charge on any atom is 0.305 e. The van der Waals surface area contributed by atoms with E-state index in [9.17, 15) is 14.7 Å². The molecule has 0 radical (unpaired) electrons. The molecule has 1 aliphatic heterocycles. The van der Waals surface area contributed by atoms with Crippen LogP contribution in [-0.2, 0) is 9.59 Å². The van der Waals surface area contributed by atoms with E-state index in [0.717, 1.165) is 28.1 Å². The predicted octanol–water partition coefficient (Wildman–Crippen LogP) is 3.70. The largest absolute Gasteiger partial charge is 0.497 e. The van der Waals surface area contributed by atoms with Gasteiger partial charge in [-0.2, -0.15) is 5.10 Å². The first-order valence-corrected chi connectivity index (χ1v) is 9.97. The van der Waals surface area contributed by atoms with Crippen molar-refractivity contribution in [2.45, 2.75) is 16.9 Å². The predicted molar refractivity (Wildman–Crippen MR) is 111 cm³/mol. The average molecular weight is 409 g/mol. The zero-order chi connectivity index (χ0) is 20.4. The molecule has 0 saturated heterocycles. The maximum atomic E-state index is 12.7. The van der Waals surface area contributed by atoms with Crippen molar-refractivity contribution in [2.24, 2.45) is 0 Å². The molecule has 0 saturated carbocycles. The Labute approximate surface area is 171 Å². The number of hydrogen-bond acceptors (Lipinski definition) is 5. The molecular weight excluding hydrogens is 390 g/mol. The molecule has 29 heavy (non-hydrogen) atoms. The number of ether oxygens (including phenoxy) is 1. The highest BCUT2D eigenvalue weighted by Gasteiger charge is 2.36. The molecular formula is C21H19N3O4S. The molecule has 1 aromatic heterocycles. The van der Waals surface area contributed by atoms with Gasteiger partial charge >= 0.3 is 5.97 Å².